The average molecular weight is 236 g/mol. The summed E-state index contributed by atoms with van der Waals surface area (Å²) in [4.78, 5) is 14.4. The van der Waals surface area contributed by atoms with Crippen molar-refractivity contribution in [3.8, 4) is 0 Å². The Bertz CT molecular complexity index is 470. The van der Waals surface area contributed by atoms with Crippen LogP contribution in [0, 0.1) is 0 Å². The number of fused-ring (bicyclic) bond motifs is 1. The number of nitrogens with zero attached hydrogens (tertiary/aromatic N) is 1. The van der Waals surface area contributed by atoms with Crippen LogP contribution in [0.15, 0.2) is 36.4 Å². The van der Waals surface area contributed by atoms with Crippen LogP contribution in [0.1, 0.15) is 10.5 Å². The first-order chi connectivity index (χ1) is 6.27. The molecule has 0 atom stereocenters. The molecule has 1 heterocycles. The third-order valence-corrected chi connectivity index (χ3v) is 1.81. The molecular weight excluding hydrogens is 230 g/mol. The van der Waals surface area contributed by atoms with Crippen molar-refractivity contribution in [1.29, 1.82) is 0 Å². The zero-order chi connectivity index (χ0) is 9.26. The molecule has 0 radical (unpaired) electrons. The van der Waals surface area contributed by atoms with E-state index in [1.54, 1.807) is 12.1 Å². The number of hydrogen-bond acceptors (Lipinski definition) is 3. The first kappa shape index (κ1) is 10.7. The third kappa shape index (κ3) is 1.92. The number of hydrogen-bond donors (Lipinski definition) is 0. The van der Waals surface area contributed by atoms with Gasteiger partial charge < -0.3 is 9.90 Å². The van der Waals surface area contributed by atoms with Crippen molar-refractivity contribution in [3.63, 3.8) is 0 Å². The van der Waals surface area contributed by atoms with E-state index in [0.29, 0.717) is 5.52 Å². The molecule has 0 amide bonds. The average Bonchev–Trinajstić information content (AvgIpc) is 2.17. The van der Waals surface area contributed by atoms with Crippen molar-refractivity contribution in [1.82, 2.24) is 4.98 Å². The Kier molecular flexibility index (Phi) is 3.23. The zero-order valence-corrected chi connectivity index (χ0v) is 7.97. The Balaban J connectivity index is 0.000000980. The zero-order valence-electron chi connectivity index (χ0n) is 7.03. The Morgan fingerprint density at radius 2 is 1.86 bits per heavy atom. The number of para-hydroxylation sites is 1. The fourth-order valence-electron chi connectivity index (χ4n) is 1.18. The molecule has 0 aliphatic carbocycles. The number of aromatic carboxylic acids is 1. The minimum atomic E-state index is -1.24. The SMILES string of the molecule is O=C([O-])c1ccc2ccccc2n1.[Cu+]. The van der Waals surface area contributed by atoms with Crippen molar-refractivity contribution in [2.75, 3.05) is 0 Å². The van der Waals surface area contributed by atoms with Gasteiger partial charge >= 0.3 is 17.1 Å². The molecule has 0 aliphatic heterocycles. The van der Waals surface area contributed by atoms with Gasteiger partial charge in [0.2, 0.25) is 0 Å². The number of rotatable bonds is 1. The first-order valence-electron chi connectivity index (χ1n) is 3.84. The van der Waals surface area contributed by atoms with Crippen LogP contribution in [0.5, 0.6) is 0 Å². The largest absolute Gasteiger partial charge is 1.00 e. The van der Waals surface area contributed by atoms with Gasteiger partial charge in [-0.25, -0.2) is 4.98 Å². The van der Waals surface area contributed by atoms with Gasteiger partial charge in [0.15, 0.2) is 0 Å². The number of benzene rings is 1. The van der Waals surface area contributed by atoms with Crippen LogP contribution >= 0.6 is 0 Å². The topological polar surface area (TPSA) is 53.0 Å². The maximum atomic E-state index is 10.5. The van der Waals surface area contributed by atoms with Gasteiger partial charge in [-0.1, -0.05) is 24.3 Å². The molecule has 0 spiro atoms. The van der Waals surface area contributed by atoms with E-state index < -0.39 is 5.97 Å². The number of carboxylic acid groups (broad SMARTS) is 1. The molecule has 74 valence electrons. The van der Waals surface area contributed by atoms with Crippen LogP contribution in [0.2, 0.25) is 0 Å². The fraction of sp³-hybridized carbons (Fsp3) is 0. The van der Waals surface area contributed by atoms with Gasteiger partial charge in [0.05, 0.1) is 17.2 Å². The van der Waals surface area contributed by atoms with E-state index in [1.807, 2.05) is 18.2 Å². The third-order valence-electron chi connectivity index (χ3n) is 1.81. The molecule has 4 heteroatoms. The van der Waals surface area contributed by atoms with Gasteiger partial charge in [0.1, 0.15) is 0 Å². The van der Waals surface area contributed by atoms with Gasteiger partial charge in [0, 0.05) is 5.39 Å². The van der Waals surface area contributed by atoms with Crippen molar-refractivity contribution >= 4 is 16.9 Å². The molecule has 0 saturated heterocycles. The van der Waals surface area contributed by atoms with E-state index in [-0.39, 0.29) is 22.8 Å². The molecule has 1 aromatic carbocycles. The fourth-order valence-corrected chi connectivity index (χ4v) is 1.18. The van der Waals surface area contributed by atoms with Crippen molar-refractivity contribution in [2.45, 2.75) is 0 Å². The second-order valence-corrected chi connectivity index (χ2v) is 2.68. The summed E-state index contributed by atoms with van der Waals surface area (Å²) in [5, 5.41) is 11.4. The van der Waals surface area contributed by atoms with E-state index in [9.17, 15) is 9.90 Å². The number of carbonyl (C=O) groups excluding carboxylic acids is 1. The Labute approximate surface area is 91.2 Å². The summed E-state index contributed by atoms with van der Waals surface area (Å²) < 4.78 is 0. The normalized spacial score (nSPS) is 9.43. The Morgan fingerprint density at radius 3 is 2.57 bits per heavy atom. The monoisotopic (exact) mass is 235 g/mol. The number of aromatic nitrogens is 1. The van der Waals surface area contributed by atoms with Crippen LogP contribution in [-0.4, -0.2) is 11.0 Å². The molecule has 2 aromatic rings. The first-order valence-corrected chi connectivity index (χ1v) is 3.84. The van der Waals surface area contributed by atoms with Gasteiger partial charge in [0.25, 0.3) is 0 Å². The maximum absolute atomic E-state index is 10.5. The molecule has 3 nitrogen and oxygen atoms in total. The second-order valence-electron chi connectivity index (χ2n) is 2.68. The maximum Gasteiger partial charge on any atom is 1.00 e. The van der Waals surface area contributed by atoms with Gasteiger partial charge in [-0.2, -0.15) is 0 Å². The molecule has 0 unspecified atom stereocenters. The summed E-state index contributed by atoms with van der Waals surface area (Å²) in [6, 6.07) is 10.5. The molecule has 0 bridgehead atoms. The van der Waals surface area contributed by atoms with Crippen LogP contribution < -0.4 is 5.11 Å². The molecule has 14 heavy (non-hydrogen) atoms. The van der Waals surface area contributed by atoms with Crippen LogP contribution in [0.3, 0.4) is 0 Å². The quantitative estimate of drug-likeness (QED) is 0.680. The summed E-state index contributed by atoms with van der Waals surface area (Å²) >= 11 is 0. The molecule has 0 saturated carbocycles. The summed E-state index contributed by atoms with van der Waals surface area (Å²) in [5.41, 5.74) is 0.642. The molecule has 0 fully saturated rings. The van der Waals surface area contributed by atoms with E-state index in [0.717, 1.165) is 5.39 Å². The molecule has 0 aliphatic rings. The number of carboxylic acids is 1. The van der Waals surface area contributed by atoms with Gasteiger partial charge in [-0.15, -0.1) is 0 Å². The molecule has 2 rings (SSSR count). The van der Waals surface area contributed by atoms with Crippen LogP contribution in [-0.2, 0) is 17.1 Å². The smallest absolute Gasteiger partial charge is 0.543 e. The van der Waals surface area contributed by atoms with E-state index in [1.165, 1.54) is 6.07 Å². The predicted molar refractivity (Wildman–Crippen MR) is 46.1 cm³/mol. The molecule has 1 aromatic heterocycles. The second kappa shape index (κ2) is 4.22. The van der Waals surface area contributed by atoms with Crippen LogP contribution in [0.4, 0.5) is 0 Å². The standard InChI is InChI=1S/C10H7NO2.Cu/c12-10(13)9-6-5-7-3-1-2-4-8(7)11-9;/h1-6H,(H,12,13);/q;+1/p-1. The number of pyridine rings is 1. The Hall–Kier alpha value is -1.38. The molecule has 0 N–H and O–H groups in total. The Morgan fingerprint density at radius 1 is 1.14 bits per heavy atom. The molecular formula is C10H6CuNO2. The number of carbonyl (C=O) groups is 1. The van der Waals surface area contributed by atoms with Gasteiger partial charge in [-0.05, 0) is 12.1 Å². The summed E-state index contributed by atoms with van der Waals surface area (Å²) in [5.74, 6) is -1.24. The van der Waals surface area contributed by atoms with E-state index >= 15 is 0 Å². The van der Waals surface area contributed by atoms with Gasteiger partial charge in [-0.3, -0.25) is 0 Å². The predicted octanol–water partition coefficient (Wildman–Crippen LogP) is 0.596. The minimum Gasteiger partial charge on any atom is -0.543 e. The summed E-state index contributed by atoms with van der Waals surface area (Å²) in [7, 11) is 0. The van der Waals surface area contributed by atoms with Crippen molar-refractivity contribution < 1.29 is 27.0 Å². The van der Waals surface area contributed by atoms with E-state index in [2.05, 4.69) is 4.98 Å². The van der Waals surface area contributed by atoms with Crippen molar-refractivity contribution in [2.24, 2.45) is 0 Å². The van der Waals surface area contributed by atoms with Crippen LogP contribution in [0.25, 0.3) is 10.9 Å². The summed E-state index contributed by atoms with van der Waals surface area (Å²) in [6.07, 6.45) is 0. The van der Waals surface area contributed by atoms with E-state index in [4.69, 9.17) is 0 Å². The van der Waals surface area contributed by atoms with Crippen molar-refractivity contribution in [3.05, 3.63) is 42.1 Å². The minimum absolute atomic E-state index is 0. The summed E-state index contributed by atoms with van der Waals surface area (Å²) in [6.45, 7) is 0.